The predicted octanol–water partition coefficient (Wildman–Crippen LogP) is 1.56. The second-order valence-corrected chi connectivity index (χ2v) is 5.45. The summed E-state index contributed by atoms with van der Waals surface area (Å²) < 4.78 is 6.05. The summed E-state index contributed by atoms with van der Waals surface area (Å²) in [5.74, 6) is 0.0651. The number of nitrogens with zero attached hydrogens (tertiary/aromatic N) is 1. The molecule has 2 aliphatic rings. The highest BCUT2D eigenvalue weighted by Crippen LogP contribution is 2.33. The van der Waals surface area contributed by atoms with Crippen LogP contribution in [0, 0.1) is 0 Å². The number of amides is 1. The number of ether oxygens (including phenoxy) is 1. The van der Waals surface area contributed by atoms with Crippen molar-refractivity contribution in [1.29, 1.82) is 0 Å². The maximum atomic E-state index is 12.3. The van der Waals surface area contributed by atoms with Gasteiger partial charge in [-0.2, -0.15) is 0 Å². The van der Waals surface area contributed by atoms with Crippen molar-refractivity contribution in [3.63, 3.8) is 0 Å². The molecule has 3 rings (SSSR count). The molecule has 1 atom stereocenters. The summed E-state index contributed by atoms with van der Waals surface area (Å²) in [6.45, 7) is 4.45. The number of anilines is 1. The Bertz CT molecular complexity index is 454. The van der Waals surface area contributed by atoms with E-state index in [1.165, 1.54) is 0 Å². The van der Waals surface area contributed by atoms with E-state index in [0.717, 1.165) is 31.6 Å². The first kappa shape index (κ1) is 12.6. The van der Waals surface area contributed by atoms with Crippen molar-refractivity contribution in [3.8, 4) is 0 Å². The molecular formula is C15H20N2O2. The molecule has 2 saturated heterocycles. The van der Waals surface area contributed by atoms with Crippen LogP contribution < -0.4 is 10.2 Å². The maximum Gasteiger partial charge on any atom is 0.255 e. The fourth-order valence-electron chi connectivity index (χ4n) is 3.03. The predicted molar refractivity (Wildman–Crippen MR) is 74.2 cm³/mol. The van der Waals surface area contributed by atoms with Crippen molar-refractivity contribution >= 4 is 11.6 Å². The molecule has 0 aromatic heterocycles. The molecule has 102 valence electrons. The molecule has 1 spiro atoms. The van der Waals surface area contributed by atoms with Crippen molar-refractivity contribution in [2.45, 2.75) is 31.5 Å². The SMILES string of the molecule is CC1OC2(CCNCC2)CN(c2ccccc2)C1=O. The molecule has 1 aromatic carbocycles. The second-order valence-electron chi connectivity index (χ2n) is 5.45. The van der Waals surface area contributed by atoms with E-state index < -0.39 is 0 Å². The molecular weight excluding hydrogens is 240 g/mol. The van der Waals surface area contributed by atoms with E-state index in [4.69, 9.17) is 4.74 Å². The first-order valence-corrected chi connectivity index (χ1v) is 6.95. The van der Waals surface area contributed by atoms with Gasteiger partial charge in [0.2, 0.25) is 0 Å². The molecule has 0 radical (unpaired) electrons. The van der Waals surface area contributed by atoms with Crippen LogP contribution >= 0.6 is 0 Å². The molecule has 4 nitrogen and oxygen atoms in total. The molecule has 2 fully saturated rings. The second kappa shape index (κ2) is 4.94. The third-order valence-corrected chi connectivity index (χ3v) is 4.07. The topological polar surface area (TPSA) is 41.6 Å². The third-order valence-electron chi connectivity index (χ3n) is 4.07. The number of morpholine rings is 1. The van der Waals surface area contributed by atoms with Crippen LogP contribution in [0.1, 0.15) is 19.8 Å². The lowest BCUT2D eigenvalue weighted by Gasteiger charge is -2.47. The van der Waals surface area contributed by atoms with E-state index in [-0.39, 0.29) is 17.6 Å². The minimum Gasteiger partial charge on any atom is -0.360 e. The molecule has 0 saturated carbocycles. The number of nitrogens with one attached hydrogen (secondary N) is 1. The summed E-state index contributed by atoms with van der Waals surface area (Å²) in [5.41, 5.74) is 0.801. The van der Waals surface area contributed by atoms with Crippen molar-refractivity contribution < 1.29 is 9.53 Å². The number of carbonyl (C=O) groups is 1. The van der Waals surface area contributed by atoms with Crippen molar-refractivity contribution in [3.05, 3.63) is 30.3 Å². The molecule has 19 heavy (non-hydrogen) atoms. The van der Waals surface area contributed by atoms with Gasteiger partial charge in [0.15, 0.2) is 0 Å². The van der Waals surface area contributed by atoms with Crippen LogP contribution in [0.4, 0.5) is 5.69 Å². The van der Waals surface area contributed by atoms with E-state index in [1.54, 1.807) is 0 Å². The van der Waals surface area contributed by atoms with Gasteiger partial charge in [-0.25, -0.2) is 0 Å². The molecule has 0 bridgehead atoms. The number of hydrogen-bond acceptors (Lipinski definition) is 3. The number of hydrogen-bond donors (Lipinski definition) is 1. The van der Waals surface area contributed by atoms with Gasteiger partial charge < -0.3 is 15.0 Å². The number of carbonyl (C=O) groups excluding carboxylic acids is 1. The van der Waals surface area contributed by atoms with Gasteiger partial charge >= 0.3 is 0 Å². The number of piperidine rings is 1. The molecule has 1 unspecified atom stereocenters. The molecule has 2 heterocycles. The zero-order valence-corrected chi connectivity index (χ0v) is 11.3. The number of para-hydroxylation sites is 1. The van der Waals surface area contributed by atoms with Crippen LogP contribution in [0.3, 0.4) is 0 Å². The summed E-state index contributed by atoms with van der Waals surface area (Å²) in [6.07, 6.45) is 1.58. The van der Waals surface area contributed by atoms with Gasteiger partial charge in [-0.1, -0.05) is 18.2 Å². The van der Waals surface area contributed by atoms with Crippen LogP contribution in [0.15, 0.2) is 30.3 Å². The minimum absolute atomic E-state index is 0.0651. The van der Waals surface area contributed by atoms with Crippen molar-refractivity contribution in [1.82, 2.24) is 5.32 Å². The van der Waals surface area contributed by atoms with E-state index >= 15 is 0 Å². The fraction of sp³-hybridized carbons (Fsp3) is 0.533. The average Bonchev–Trinajstić information content (AvgIpc) is 2.45. The lowest BCUT2D eigenvalue weighted by atomic mass is 9.89. The molecule has 1 amide bonds. The Morgan fingerprint density at radius 3 is 2.63 bits per heavy atom. The van der Waals surface area contributed by atoms with Gasteiger partial charge in [-0.05, 0) is 45.0 Å². The standard InChI is InChI=1S/C15H20N2O2/c1-12-14(18)17(13-5-3-2-4-6-13)11-15(19-12)7-9-16-10-8-15/h2-6,12,16H,7-11H2,1H3. The number of rotatable bonds is 1. The third kappa shape index (κ3) is 2.38. The van der Waals surface area contributed by atoms with E-state index in [2.05, 4.69) is 5.32 Å². The summed E-state index contributed by atoms with van der Waals surface area (Å²) in [4.78, 5) is 14.2. The van der Waals surface area contributed by atoms with Crippen molar-refractivity contribution in [2.24, 2.45) is 0 Å². The van der Waals surface area contributed by atoms with E-state index in [1.807, 2.05) is 42.2 Å². The van der Waals surface area contributed by atoms with Gasteiger partial charge in [-0.15, -0.1) is 0 Å². The first-order chi connectivity index (χ1) is 9.20. The van der Waals surface area contributed by atoms with Crippen LogP contribution in [0.5, 0.6) is 0 Å². The monoisotopic (exact) mass is 260 g/mol. The van der Waals surface area contributed by atoms with Gasteiger partial charge in [0.05, 0.1) is 12.1 Å². The zero-order chi connectivity index (χ0) is 13.3. The number of benzene rings is 1. The lowest BCUT2D eigenvalue weighted by Crippen LogP contribution is -2.61. The maximum absolute atomic E-state index is 12.3. The van der Waals surface area contributed by atoms with Gasteiger partial charge in [0.1, 0.15) is 6.10 Å². The van der Waals surface area contributed by atoms with Crippen molar-refractivity contribution in [2.75, 3.05) is 24.5 Å². The van der Waals surface area contributed by atoms with E-state index in [9.17, 15) is 4.79 Å². The highest BCUT2D eigenvalue weighted by atomic mass is 16.5. The smallest absolute Gasteiger partial charge is 0.255 e. The fourth-order valence-corrected chi connectivity index (χ4v) is 3.03. The summed E-state index contributed by atoms with van der Waals surface area (Å²) in [7, 11) is 0. The Morgan fingerprint density at radius 1 is 1.26 bits per heavy atom. The lowest BCUT2D eigenvalue weighted by molar-refractivity contribution is -0.157. The van der Waals surface area contributed by atoms with Crippen LogP contribution in [-0.4, -0.2) is 37.2 Å². The molecule has 2 aliphatic heterocycles. The largest absolute Gasteiger partial charge is 0.360 e. The molecule has 1 N–H and O–H groups in total. The highest BCUT2D eigenvalue weighted by Gasteiger charge is 2.44. The minimum atomic E-state index is -0.355. The Balaban J connectivity index is 1.88. The average molecular weight is 260 g/mol. The summed E-state index contributed by atoms with van der Waals surface area (Å²) >= 11 is 0. The molecule has 0 aliphatic carbocycles. The van der Waals surface area contributed by atoms with Gasteiger partial charge in [0, 0.05) is 5.69 Å². The Labute approximate surface area is 113 Å². The Kier molecular flexibility index (Phi) is 3.29. The van der Waals surface area contributed by atoms with Crippen LogP contribution in [0.2, 0.25) is 0 Å². The first-order valence-electron chi connectivity index (χ1n) is 6.95. The normalized spacial score (nSPS) is 26.7. The quantitative estimate of drug-likeness (QED) is 0.833. The zero-order valence-electron chi connectivity index (χ0n) is 11.3. The Hall–Kier alpha value is -1.39. The van der Waals surface area contributed by atoms with Gasteiger partial charge in [-0.3, -0.25) is 4.79 Å². The molecule has 4 heteroatoms. The van der Waals surface area contributed by atoms with Crippen LogP contribution in [-0.2, 0) is 9.53 Å². The summed E-state index contributed by atoms with van der Waals surface area (Å²) in [5, 5.41) is 3.35. The Morgan fingerprint density at radius 2 is 1.95 bits per heavy atom. The highest BCUT2D eigenvalue weighted by molar-refractivity contribution is 5.97. The van der Waals surface area contributed by atoms with Gasteiger partial charge in [0.25, 0.3) is 5.91 Å². The summed E-state index contributed by atoms with van der Waals surface area (Å²) in [6, 6.07) is 9.89. The van der Waals surface area contributed by atoms with Crippen LogP contribution in [0.25, 0.3) is 0 Å². The molecule has 1 aromatic rings. The van der Waals surface area contributed by atoms with E-state index in [0.29, 0.717) is 6.54 Å².